The highest BCUT2D eigenvalue weighted by molar-refractivity contribution is 6.34. The molecule has 0 radical (unpaired) electrons. The van der Waals surface area contributed by atoms with Gasteiger partial charge in [-0.15, -0.1) is 0 Å². The van der Waals surface area contributed by atoms with Crippen molar-refractivity contribution in [2.45, 2.75) is 12.8 Å². The number of hydrogen-bond acceptors (Lipinski definition) is 4. The summed E-state index contributed by atoms with van der Waals surface area (Å²) in [7, 11) is 3.99. The molecule has 0 unspecified atom stereocenters. The van der Waals surface area contributed by atoms with Crippen LogP contribution in [0, 0.1) is 10.1 Å². The number of aryl methyl sites for hydroxylation is 1. The van der Waals surface area contributed by atoms with Crippen molar-refractivity contribution in [2.75, 3.05) is 25.5 Å². The summed E-state index contributed by atoms with van der Waals surface area (Å²) in [4.78, 5) is 24.3. The van der Waals surface area contributed by atoms with E-state index < -0.39 is 4.92 Å². The Labute approximate surface area is 151 Å². The van der Waals surface area contributed by atoms with Crippen LogP contribution < -0.4 is 10.2 Å². The molecule has 2 aromatic rings. The van der Waals surface area contributed by atoms with Gasteiger partial charge in [-0.05, 0) is 36.6 Å². The number of nitrogens with one attached hydrogen (secondary N) is 1. The molecule has 1 amide bonds. The summed E-state index contributed by atoms with van der Waals surface area (Å²) < 4.78 is 0. The van der Waals surface area contributed by atoms with E-state index in [1.54, 1.807) is 0 Å². The predicted octanol–water partition coefficient (Wildman–Crippen LogP) is 3.68. The number of rotatable bonds is 7. The number of nitro groups is 1. The van der Waals surface area contributed by atoms with Crippen LogP contribution in [0.2, 0.25) is 5.02 Å². The maximum Gasteiger partial charge on any atom is 0.270 e. The Hall–Kier alpha value is -2.60. The Balaban J connectivity index is 1.83. The predicted molar refractivity (Wildman–Crippen MR) is 99.5 cm³/mol. The number of anilines is 1. The summed E-state index contributed by atoms with van der Waals surface area (Å²) in [5.74, 6) is -0.331. The average molecular weight is 362 g/mol. The van der Waals surface area contributed by atoms with Gasteiger partial charge >= 0.3 is 0 Å². The van der Waals surface area contributed by atoms with Crippen molar-refractivity contribution >= 4 is 28.9 Å². The maximum absolute atomic E-state index is 12.1. The molecule has 0 saturated carbocycles. The molecule has 0 fully saturated rings. The van der Waals surface area contributed by atoms with E-state index in [0.717, 1.165) is 18.5 Å². The second-order valence-corrected chi connectivity index (χ2v) is 6.25. The smallest absolute Gasteiger partial charge is 0.270 e. The SMILES string of the molecule is CN(C)c1ccc(CCCNC(=O)c2ccc([N+](=O)[O-])cc2Cl)cc1. The summed E-state index contributed by atoms with van der Waals surface area (Å²) in [5, 5.41) is 13.5. The zero-order chi connectivity index (χ0) is 18.4. The highest BCUT2D eigenvalue weighted by atomic mass is 35.5. The largest absolute Gasteiger partial charge is 0.378 e. The molecule has 25 heavy (non-hydrogen) atoms. The van der Waals surface area contributed by atoms with Crippen LogP contribution in [-0.4, -0.2) is 31.5 Å². The first kappa shape index (κ1) is 18.7. The molecule has 7 heteroatoms. The van der Waals surface area contributed by atoms with E-state index in [0.29, 0.717) is 6.54 Å². The molecule has 0 aliphatic rings. The number of carbonyl (C=O) groups is 1. The number of hydrogen-bond donors (Lipinski definition) is 1. The normalized spacial score (nSPS) is 10.4. The lowest BCUT2D eigenvalue weighted by molar-refractivity contribution is -0.384. The second kappa shape index (κ2) is 8.48. The Morgan fingerprint density at radius 2 is 1.88 bits per heavy atom. The standard InChI is InChI=1S/C18H20ClN3O3/c1-21(2)14-7-5-13(6-8-14)4-3-11-20-18(23)16-10-9-15(22(24)25)12-17(16)19/h5-10,12H,3-4,11H2,1-2H3,(H,20,23). The number of amides is 1. The van der Waals surface area contributed by atoms with Crippen molar-refractivity contribution in [3.8, 4) is 0 Å². The Bertz CT molecular complexity index is 761. The molecular formula is C18H20ClN3O3. The minimum Gasteiger partial charge on any atom is -0.378 e. The first-order valence-electron chi connectivity index (χ1n) is 7.87. The fourth-order valence-corrected chi connectivity index (χ4v) is 2.61. The lowest BCUT2D eigenvalue weighted by atomic mass is 10.1. The molecule has 0 bridgehead atoms. The van der Waals surface area contributed by atoms with Gasteiger partial charge in [0.2, 0.25) is 0 Å². The molecule has 1 N–H and O–H groups in total. The molecular weight excluding hydrogens is 342 g/mol. The van der Waals surface area contributed by atoms with Gasteiger partial charge in [-0.25, -0.2) is 0 Å². The molecule has 0 heterocycles. The number of nitro benzene ring substituents is 1. The Morgan fingerprint density at radius 3 is 2.44 bits per heavy atom. The molecule has 2 rings (SSSR count). The zero-order valence-electron chi connectivity index (χ0n) is 14.2. The molecule has 2 aromatic carbocycles. The van der Waals surface area contributed by atoms with Crippen molar-refractivity contribution in [3.63, 3.8) is 0 Å². The van der Waals surface area contributed by atoms with Gasteiger partial charge in [-0.1, -0.05) is 23.7 Å². The highest BCUT2D eigenvalue weighted by Crippen LogP contribution is 2.22. The average Bonchev–Trinajstić information content (AvgIpc) is 2.58. The molecule has 6 nitrogen and oxygen atoms in total. The van der Waals surface area contributed by atoms with Crippen LogP contribution in [0.3, 0.4) is 0 Å². The van der Waals surface area contributed by atoms with Gasteiger partial charge in [0, 0.05) is 38.5 Å². The Morgan fingerprint density at radius 1 is 1.20 bits per heavy atom. The van der Waals surface area contributed by atoms with Crippen LogP contribution in [0.25, 0.3) is 0 Å². The molecule has 0 aromatic heterocycles. The van der Waals surface area contributed by atoms with E-state index in [1.165, 1.54) is 23.8 Å². The van der Waals surface area contributed by atoms with Crippen LogP contribution in [-0.2, 0) is 6.42 Å². The van der Waals surface area contributed by atoms with E-state index in [9.17, 15) is 14.9 Å². The Kier molecular flexibility index (Phi) is 6.36. The quantitative estimate of drug-likeness (QED) is 0.463. The van der Waals surface area contributed by atoms with Crippen molar-refractivity contribution in [2.24, 2.45) is 0 Å². The van der Waals surface area contributed by atoms with Crippen LogP contribution >= 0.6 is 11.6 Å². The van der Waals surface area contributed by atoms with E-state index >= 15 is 0 Å². The number of benzene rings is 2. The van der Waals surface area contributed by atoms with E-state index in [4.69, 9.17) is 11.6 Å². The maximum atomic E-state index is 12.1. The summed E-state index contributed by atoms with van der Waals surface area (Å²) in [6.07, 6.45) is 1.64. The third-order valence-corrected chi connectivity index (χ3v) is 4.10. The van der Waals surface area contributed by atoms with Gasteiger partial charge in [-0.3, -0.25) is 14.9 Å². The number of halogens is 1. The van der Waals surface area contributed by atoms with Gasteiger partial charge in [0.15, 0.2) is 0 Å². The van der Waals surface area contributed by atoms with Crippen LogP contribution in [0.4, 0.5) is 11.4 Å². The van der Waals surface area contributed by atoms with Crippen molar-refractivity contribution in [3.05, 3.63) is 68.7 Å². The van der Waals surface area contributed by atoms with E-state index in [2.05, 4.69) is 29.6 Å². The monoisotopic (exact) mass is 361 g/mol. The minimum atomic E-state index is -0.546. The summed E-state index contributed by atoms with van der Waals surface area (Å²) in [6.45, 7) is 0.502. The fraction of sp³-hybridized carbons (Fsp3) is 0.278. The molecule has 0 aliphatic heterocycles. The first-order valence-corrected chi connectivity index (χ1v) is 8.24. The fourth-order valence-electron chi connectivity index (χ4n) is 2.35. The van der Waals surface area contributed by atoms with Crippen molar-refractivity contribution in [1.29, 1.82) is 0 Å². The van der Waals surface area contributed by atoms with Gasteiger partial charge in [0.1, 0.15) is 0 Å². The molecule has 0 spiro atoms. The summed E-state index contributed by atoms with van der Waals surface area (Å²) in [5.41, 5.74) is 2.45. The summed E-state index contributed by atoms with van der Waals surface area (Å²) in [6, 6.07) is 12.1. The third kappa shape index (κ3) is 5.19. The van der Waals surface area contributed by atoms with Crippen LogP contribution in [0.15, 0.2) is 42.5 Å². The lowest BCUT2D eigenvalue weighted by Crippen LogP contribution is -2.25. The first-order chi connectivity index (χ1) is 11.9. The van der Waals surface area contributed by atoms with Gasteiger partial charge in [-0.2, -0.15) is 0 Å². The third-order valence-electron chi connectivity index (χ3n) is 3.79. The van der Waals surface area contributed by atoms with Gasteiger partial charge in [0.05, 0.1) is 15.5 Å². The molecule has 0 atom stereocenters. The van der Waals surface area contributed by atoms with Crippen molar-refractivity contribution < 1.29 is 9.72 Å². The van der Waals surface area contributed by atoms with Crippen LogP contribution in [0.5, 0.6) is 0 Å². The second-order valence-electron chi connectivity index (χ2n) is 5.84. The lowest BCUT2D eigenvalue weighted by Gasteiger charge is -2.12. The number of non-ortho nitro benzene ring substituents is 1. The van der Waals surface area contributed by atoms with Gasteiger partial charge < -0.3 is 10.2 Å². The van der Waals surface area contributed by atoms with E-state index in [-0.39, 0.29) is 22.2 Å². The molecule has 132 valence electrons. The zero-order valence-corrected chi connectivity index (χ0v) is 14.9. The van der Waals surface area contributed by atoms with E-state index in [1.807, 2.05) is 19.0 Å². The minimum absolute atomic E-state index is 0.0750. The topological polar surface area (TPSA) is 75.5 Å². The van der Waals surface area contributed by atoms with Gasteiger partial charge in [0.25, 0.3) is 11.6 Å². The summed E-state index contributed by atoms with van der Waals surface area (Å²) >= 11 is 5.95. The number of carbonyl (C=O) groups excluding carboxylic acids is 1. The highest BCUT2D eigenvalue weighted by Gasteiger charge is 2.14. The van der Waals surface area contributed by atoms with Crippen LogP contribution in [0.1, 0.15) is 22.3 Å². The molecule has 0 saturated heterocycles. The number of nitrogens with zero attached hydrogens (tertiary/aromatic N) is 2. The molecule has 0 aliphatic carbocycles. The van der Waals surface area contributed by atoms with Crippen molar-refractivity contribution in [1.82, 2.24) is 5.32 Å².